The minimum atomic E-state index is -0.376. The highest BCUT2D eigenvalue weighted by Gasteiger charge is 2.29. The number of benzene rings is 1. The summed E-state index contributed by atoms with van der Waals surface area (Å²) in [4.78, 5) is 11.9. The first-order valence-electron chi connectivity index (χ1n) is 7.40. The second-order valence-electron chi connectivity index (χ2n) is 5.62. The maximum atomic E-state index is 11.9. The zero-order chi connectivity index (χ0) is 15.2. The van der Waals surface area contributed by atoms with Crippen LogP contribution in [0.2, 0.25) is 0 Å². The summed E-state index contributed by atoms with van der Waals surface area (Å²) < 4.78 is 5.12. The Kier molecular flexibility index (Phi) is 6.21. The van der Waals surface area contributed by atoms with Gasteiger partial charge in [-0.15, -0.1) is 0 Å². The van der Waals surface area contributed by atoms with Gasteiger partial charge in [0, 0.05) is 0 Å². The number of hydrogen-bond donors (Lipinski definition) is 1. The largest absolute Gasteiger partial charge is 0.466 e. The third-order valence-corrected chi connectivity index (χ3v) is 3.43. The zero-order valence-corrected chi connectivity index (χ0v) is 13.4. The molecule has 1 aromatic carbocycles. The monoisotopic (exact) mass is 277 g/mol. The molecule has 1 atom stereocenters. The molecular weight excluding hydrogens is 250 g/mol. The van der Waals surface area contributed by atoms with Crippen molar-refractivity contribution in [2.75, 3.05) is 13.2 Å². The molecule has 1 unspecified atom stereocenters. The maximum absolute atomic E-state index is 11.9. The van der Waals surface area contributed by atoms with Crippen LogP contribution in [0.4, 0.5) is 0 Å². The average Bonchev–Trinajstić information content (AvgIpc) is 2.35. The summed E-state index contributed by atoms with van der Waals surface area (Å²) in [6.45, 7) is 11.5. The molecule has 0 aliphatic heterocycles. The van der Waals surface area contributed by atoms with Crippen molar-refractivity contribution in [3.05, 3.63) is 34.9 Å². The molecule has 0 heterocycles. The van der Waals surface area contributed by atoms with E-state index in [1.165, 1.54) is 11.1 Å². The predicted octanol–water partition coefficient (Wildman–Crippen LogP) is 3.47. The predicted molar refractivity (Wildman–Crippen MR) is 82.8 cm³/mol. The highest BCUT2D eigenvalue weighted by Crippen LogP contribution is 2.27. The smallest absolute Gasteiger partial charge is 0.307 e. The number of nitrogens with one attached hydrogen (secondary N) is 1. The zero-order valence-electron chi connectivity index (χ0n) is 13.4. The molecule has 0 saturated heterocycles. The second kappa shape index (κ2) is 7.44. The lowest BCUT2D eigenvalue weighted by Crippen LogP contribution is -2.42. The molecule has 0 spiro atoms. The fraction of sp³-hybridized carbons (Fsp3) is 0.588. The Morgan fingerprint density at radius 1 is 1.20 bits per heavy atom. The first kappa shape index (κ1) is 16.7. The fourth-order valence-electron chi connectivity index (χ4n) is 2.46. The van der Waals surface area contributed by atoms with Gasteiger partial charge < -0.3 is 10.1 Å². The summed E-state index contributed by atoms with van der Waals surface area (Å²) in [6.07, 6.45) is 1.38. The van der Waals surface area contributed by atoms with Crippen molar-refractivity contribution in [3.8, 4) is 0 Å². The van der Waals surface area contributed by atoms with Crippen LogP contribution in [0.15, 0.2) is 18.2 Å². The number of rotatable bonds is 7. The maximum Gasteiger partial charge on any atom is 0.307 e. The molecule has 0 aromatic heterocycles. The van der Waals surface area contributed by atoms with E-state index in [-0.39, 0.29) is 11.5 Å². The topological polar surface area (TPSA) is 38.3 Å². The van der Waals surface area contributed by atoms with Crippen molar-refractivity contribution in [3.63, 3.8) is 0 Å². The molecule has 0 fully saturated rings. The van der Waals surface area contributed by atoms with Crippen LogP contribution in [0.5, 0.6) is 0 Å². The minimum absolute atomic E-state index is 0.155. The Morgan fingerprint density at radius 2 is 1.80 bits per heavy atom. The van der Waals surface area contributed by atoms with Crippen LogP contribution in [0.25, 0.3) is 0 Å². The fourth-order valence-corrected chi connectivity index (χ4v) is 2.46. The van der Waals surface area contributed by atoms with Gasteiger partial charge in [-0.3, -0.25) is 4.79 Å². The van der Waals surface area contributed by atoms with E-state index in [4.69, 9.17) is 4.74 Å². The van der Waals surface area contributed by atoms with Gasteiger partial charge in [-0.25, -0.2) is 0 Å². The van der Waals surface area contributed by atoms with E-state index >= 15 is 0 Å². The van der Waals surface area contributed by atoms with Crippen molar-refractivity contribution < 1.29 is 9.53 Å². The van der Waals surface area contributed by atoms with Gasteiger partial charge in [-0.2, -0.15) is 0 Å². The van der Waals surface area contributed by atoms with E-state index in [1.54, 1.807) is 0 Å². The van der Waals surface area contributed by atoms with Crippen molar-refractivity contribution in [1.82, 2.24) is 5.32 Å². The number of ether oxygens (including phenoxy) is 1. The lowest BCUT2D eigenvalue weighted by atomic mass is 9.86. The molecule has 0 aliphatic carbocycles. The molecule has 3 heteroatoms. The van der Waals surface area contributed by atoms with Gasteiger partial charge in [-0.1, -0.05) is 36.2 Å². The third kappa shape index (κ3) is 4.64. The SMILES string of the molecule is CCCNC(C)(CC(=O)OCC)c1cc(C)cc(C)c1. The minimum Gasteiger partial charge on any atom is -0.466 e. The molecule has 0 bridgehead atoms. The second-order valence-corrected chi connectivity index (χ2v) is 5.62. The number of carbonyl (C=O) groups excluding carboxylic acids is 1. The van der Waals surface area contributed by atoms with Gasteiger partial charge in [0.25, 0.3) is 0 Å². The molecule has 1 N–H and O–H groups in total. The Bertz CT molecular complexity index is 436. The molecule has 0 aliphatic rings. The Balaban J connectivity index is 3.05. The van der Waals surface area contributed by atoms with Crippen molar-refractivity contribution in [2.45, 2.75) is 53.0 Å². The van der Waals surface area contributed by atoms with Crippen LogP contribution in [0.1, 0.15) is 50.3 Å². The highest BCUT2D eigenvalue weighted by atomic mass is 16.5. The number of carbonyl (C=O) groups is 1. The molecule has 1 aromatic rings. The van der Waals surface area contributed by atoms with Crippen LogP contribution >= 0.6 is 0 Å². The highest BCUT2D eigenvalue weighted by molar-refractivity contribution is 5.71. The number of esters is 1. The Labute approximate surface area is 122 Å². The summed E-state index contributed by atoms with van der Waals surface area (Å²) in [5.41, 5.74) is 3.21. The van der Waals surface area contributed by atoms with E-state index in [0.717, 1.165) is 18.5 Å². The molecule has 20 heavy (non-hydrogen) atoms. The summed E-state index contributed by atoms with van der Waals surface area (Å²) >= 11 is 0. The first-order chi connectivity index (χ1) is 9.41. The molecule has 0 saturated carbocycles. The summed E-state index contributed by atoms with van der Waals surface area (Å²) in [7, 11) is 0. The summed E-state index contributed by atoms with van der Waals surface area (Å²) in [5, 5.41) is 3.51. The average molecular weight is 277 g/mol. The van der Waals surface area contributed by atoms with Gasteiger partial charge in [0.2, 0.25) is 0 Å². The van der Waals surface area contributed by atoms with Gasteiger partial charge in [-0.05, 0) is 46.2 Å². The quantitative estimate of drug-likeness (QED) is 0.776. The Hall–Kier alpha value is -1.35. The summed E-state index contributed by atoms with van der Waals surface area (Å²) in [6, 6.07) is 6.44. The van der Waals surface area contributed by atoms with Crippen LogP contribution < -0.4 is 5.32 Å². The lowest BCUT2D eigenvalue weighted by Gasteiger charge is -2.31. The normalized spacial score (nSPS) is 13.8. The standard InChI is InChI=1S/C17H27NO2/c1-6-8-18-17(5,12-16(19)20-7-2)15-10-13(3)9-14(4)11-15/h9-11,18H,6-8,12H2,1-5H3. The van der Waals surface area contributed by atoms with E-state index in [1.807, 2.05) is 6.92 Å². The number of hydrogen-bond acceptors (Lipinski definition) is 3. The molecule has 1 rings (SSSR count). The van der Waals surface area contributed by atoms with Crippen molar-refractivity contribution in [2.24, 2.45) is 0 Å². The van der Waals surface area contributed by atoms with Crippen molar-refractivity contribution >= 4 is 5.97 Å². The summed E-state index contributed by atoms with van der Waals surface area (Å²) in [5.74, 6) is -0.155. The first-order valence-corrected chi connectivity index (χ1v) is 7.40. The molecule has 112 valence electrons. The van der Waals surface area contributed by atoms with Crippen LogP contribution in [0, 0.1) is 13.8 Å². The third-order valence-electron chi connectivity index (χ3n) is 3.43. The molecule has 3 nitrogen and oxygen atoms in total. The van der Waals surface area contributed by atoms with E-state index in [2.05, 4.69) is 51.2 Å². The van der Waals surface area contributed by atoms with Crippen LogP contribution in [-0.2, 0) is 15.1 Å². The van der Waals surface area contributed by atoms with Crippen LogP contribution in [0.3, 0.4) is 0 Å². The van der Waals surface area contributed by atoms with Crippen molar-refractivity contribution in [1.29, 1.82) is 0 Å². The molecular formula is C17H27NO2. The molecule has 0 radical (unpaired) electrons. The van der Waals surface area contributed by atoms with E-state index in [0.29, 0.717) is 13.0 Å². The molecule has 0 amide bonds. The number of aryl methyl sites for hydroxylation is 2. The van der Waals surface area contributed by atoms with Gasteiger partial charge in [0.15, 0.2) is 0 Å². The lowest BCUT2D eigenvalue weighted by molar-refractivity contribution is -0.144. The van der Waals surface area contributed by atoms with Crippen LogP contribution in [-0.4, -0.2) is 19.1 Å². The Morgan fingerprint density at radius 3 is 2.30 bits per heavy atom. The van der Waals surface area contributed by atoms with Gasteiger partial charge in [0.1, 0.15) is 0 Å². The van der Waals surface area contributed by atoms with E-state index in [9.17, 15) is 4.79 Å². The van der Waals surface area contributed by atoms with Gasteiger partial charge in [0.05, 0.1) is 18.6 Å². The van der Waals surface area contributed by atoms with E-state index < -0.39 is 0 Å². The van der Waals surface area contributed by atoms with Gasteiger partial charge >= 0.3 is 5.97 Å².